The molecular weight excluding hydrogens is 322 g/mol. The minimum atomic E-state index is -0.532. The van der Waals surface area contributed by atoms with Gasteiger partial charge in [-0.3, -0.25) is 15.0 Å². The van der Waals surface area contributed by atoms with Crippen LogP contribution in [-0.4, -0.2) is 47.2 Å². The Labute approximate surface area is 147 Å². The first kappa shape index (κ1) is 17.9. The molecule has 2 heterocycles. The predicted molar refractivity (Wildman–Crippen MR) is 91.6 cm³/mol. The van der Waals surface area contributed by atoms with Gasteiger partial charge in [0.15, 0.2) is 0 Å². The smallest absolute Gasteiger partial charge is 0.321 e. The third kappa shape index (κ3) is 5.06. The summed E-state index contributed by atoms with van der Waals surface area (Å²) in [5, 5.41) is 15.0. The van der Waals surface area contributed by atoms with Crippen LogP contribution < -0.4 is 10.6 Å². The number of aliphatic hydroxyl groups is 1. The number of hydrogen-bond acceptors (Lipinski definition) is 5. The fraction of sp³-hybridized carbons (Fsp3) is 0.667. The molecule has 1 aliphatic carbocycles. The summed E-state index contributed by atoms with van der Waals surface area (Å²) < 4.78 is 5.13. The van der Waals surface area contributed by atoms with Crippen molar-refractivity contribution in [2.75, 3.05) is 13.1 Å². The maximum atomic E-state index is 12.2. The quantitative estimate of drug-likeness (QED) is 0.751. The Balaban J connectivity index is 1.46. The summed E-state index contributed by atoms with van der Waals surface area (Å²) in [6.45, 7) is 0.883. The minimum absolute atomic E-state index is 0.145. The Morgan fingerprint density at radius 2 is 2.08 bits per heavy atom. The number of carbonyl (C=O) groups is 2. The summed E-state index contributed by atoms with van der Waals surface area (Å²) in [7, 11) is 0. The van der Waals surface area contributed by atoms with E-state index >= 15 is 0 Å². The van der Waals surface area contributed by atoms with Crippen LogP contribution in [0.2, 0.25) is 0 Å². The molecule has 0 aromatic carbocycles. The molecule has 0 radical (unpaired) electrons. The fourth-order valence-electron chi connectivity index (χ4n) is 4.08. The van der Waals surface area contributed by atoms with Crippen molar-refractivity contribution >= 4 is 11.9 Å². The van der Waals surface area contributed by atoms with E-state index in [1.54, 1.807) is 12.1 Å². The Morgan fingerprint density at radius 1 is 1.28 bits per heavy atom. The highest BCUT2D eigenvalue weighted by molar-refractivity contribution is 5.95. The number of furan rings is 1. The van der Waals surface area contributed by atoms with Crippen LogP contribution in [-0.2, 0) is 11.3 Å². The summed E-state index contributed by atoms with van der Waals surface area (Å²) in [6.07, 6.45) is 7.94. The summed E-state index contributed by atoms with van der Waals surface area (Å²) in [6, 6.07) is 3.20. The van der Waals surface area contributed by atoms with Crippen LogP contribution in [0, 0.1) is 5.92 Å². The largest absolute Gasteiger partial charge is 0.467 e. The van der Waals surface area contributed by atoms with Crippen LogP contribution in [0.1, 0.15) is 44.3 Å². The number of rotatable bonds is 5. The van der Waals surface area contributed by atoms with Gasteiger partial charge in [0.1, 0.15) is 5.76 Å². The number of likely N-dealkylation sites (tertiary alicyclic amines) is 1. The van der Waals surface area contributed by atoms with Crippen molar-refractivity contribution in [1.82, 2.24) is 15.5 Å². The van der Waals surface area contributed by atoms with Gasteiger partial charge in [-0.25, -0.2) is 4.79 Å². The highest BCUT2D eigenvalue weighted by Crippen LogP contribution is 2.34. The number of amides is 3. The van der Waals surface area contributed by atoms with Crippen LogP contribution in [0.3, 0.4) is 0 Å². The Kier molecular flexibility index (Phi) is 6.09. The van der Waals surface area contributed by atoms with Crippen molar-refractivity contribution in [1.29, 1.82) is 0 Å². The lowest BCUT2D eigenvalue weighted by atomic mass is 9.83. The van der Waals surface area contributed by atoms with Crippen molar-refractivity contribution in [3.05, 3.63) is 24.2 Å². The van der Waals surface area contributed by atoms with E-state index in [0.29, 0.717) is 18.2 Å². The van der Waals surface area contributed by atoms with Crippen molar-refractivity contribution in [2.45, 2.75) is 57.2 Å². The normalized spacial score (nSPS) is 25.0. The zero-order chi connectivity index (χ0) is 17.6. The van der Waals surface area contributed by atoms with Gasteiger partial charge in [-0.15, -0.1) is 0 Å². The maximum absolute atomic E-state index is 12.2. The molecule has 7 heteroatoms. The summed E-state index contributed by atoms with van der Waals surface area (Å²) >= 11 is 0. The van der Waals surface area contributed by atoms with Gasteiger partial charge in [-0.2, -0.15) is 0 Å². The number of aliphatic hydroxyl groups excluding tert-OH is 1. The first-order valence-corrected chi connectivity index (χ1v) is 9.14. The van der Waals surface area contributed by atoms with E-state index in [9.17, 15) is 14.7 Å². The maximum Gasteiger partial charge on any atom is 0.321 e. The fourth-order valence-corrected chi connectivity index (χ4v) is 4.08. The Bertz CT molecular complexity index is 569. The standard InChI is InChI=1S/C18H27N3O4/c22-14-9-16(13-5-2-1-3-6-13)21(11-14)12-17(23)20-18(24)19-10-15-7-4-8-25-15/h4,7-8,13-14,16,22H,1-3,5-6,9-12H2,(H2,19,20,23,24)/t14-,16+/m1/s1. The molecule has 0 bridgehead atoms. The molecule has 3 amide bonds. The third-order valence-electron chi connectivity index (χ3n) is 5.22. The number of nitrogens with one attached hydrogen (secondary N) is 2. The van der Waals surface area contributed by atoms with Crippen LogP contribution in [0.4, 0.5) is 4.79 Å². The summed E-state index contributed by atoms with van der Waals surface area (Å²) in [4.78, 5) is 26.0. The number of hydrogen-bond donors (Lipinski definition) is 3. The van der Waals surface area contributed by atoms with E-state index in [2.05, 4.69) is 10.6 Å². The van der Waals surface area contributed by atoms with Crippen LogP contribution >= 0.6 is 0 Å². The molecule has 3 N–H and O–H groups in total. The van der Waals surface area contributed by atoms with E-state index in [1.165, 1.54) is 38.4 Å². The van der Waals surface area contributed by atoms with Crippen molar-refractivity contribution in [3.63, 3.8) is 0 Å². The summed E-state index contributed by atoms with van der Waals surface area (Å²) in [5.41, 5.74) is 0. The van der Waals surface area contributed by atoms with E-state index in [1.807, 2.05) is 4.90 Å². The van der Waals surface area contributed by atoms with Gasteiger partial charge in [0.25, 0.3) is 0 Å². The molecule has 25 heavy (non-hydrogen) atoms. The number of β-amino-alcohol motifs (C(OH)–C–C–N with tert-alkyl or cyclic N) is 1. The zero-order valence-electron chi connectivity index (χ0n) is 14.4. The second kappa shape index (κ2) is 8.49. The van der Waals surface area contributed by atoms with Gasteiger partial charge in [0.2, 0.25) is 5.91 Å². The molecule has 2 aliphatic rings. The molecule has 1 saturated carbocycles. The molecule has 1 aromatic rings. The number of urea groups is 1. The topological polar surface area (TPSA) is 94.8 Å². The van der Waals surface area contributed by atoms with E-state index in [4.69, 9.17) is 4.42 Å². The Hall–Kier alpha value is -1.86. The second-order valence-electron chi connectivity index (χ2n) is 7.09. The highest BCUT2D eigenvalue weighted by Gasteiger charge is 2.37. The molecule has 0 spiro atoms. The van der Waals surface area contributed by atoms with Crippen LogP contribution in [0.25, 0.3) is 0 Å². The van der Waals surface area contributed by atoms with E-state index in [-0.39, 0.29) is 31.1 Å². The molecule has 1 saturated heterocycles. The average Bonchev–Trinajstić information content (AvgIpc) is 3.23. The van der Waals surface area contributed by atoms with Crippen molar-refractivity contribution in [3.8, 4) is 0 Å². The average molecular weight is 349 g/mol. The van der Waals surface area contributed by atoms with Gasteiger partial charge in [0.05, 0.1) is 25.5 Å². The predicted octanol–water partition coefficient (Wildman–Crippen LogP) is 1.62. The zero-order valence-corrected chi connectivity index (χ0v) is 14.4. The first-order valence-electron chi connectivity index (χ1n) is 9.14. The lowest BCUT2D eigenvalue weighted by Gasteiger charge is -2.33. The summed E-state index contributed by atoms with van der Waals surface area (Å²) in [5.74, 6) is 0.834. The van der Waals surface area contributed by atoms with Crippen molar-refractivity contribution in [2.24, 2.45) is 5.92 Å². The van der Waals surface area contributed by atoms with Crippen LogP contribution in [0.5, 0.6) is 0 Å². The molecule has 2 fully saturated rings. The van der Waals surface area contributed by atoms with Gasteiger partial charge < -0.3 is 14.8 Å². The number of nitrogens with zero attached hydrogens (tertiary/aromatic N) is 1. The van der Waals surface area contributed by atoms with Crippen molar-refractivity contribution < 1.29 is 19.1 Å². The van der Waals surface area contributed by atoms with Gasteiger partial charge in [-0.05, 0) is 37.3 Å². The monoisotopic (exact) mass is 349 g/mol. The molecule has 0 unspecified atom stereocenters. The second-order valence-corrected chi connectivity index (χ2v) is 7.09. The number of carbonyl (C=O) groups excluding carboxylic acids is 2. The molecule has 3 rings (SSSR count). The van der Waals surface area contributed by atoms with E-state index in [0.717, 1.165) is 6.42 Å². The highest BCUT2D eigenvalue weighted by atomic mass is 16.3. The Morgan fingerprint density at radius 3 is 2.80 bits per heavy atom. The molecule has 1 aliphatic heterocycles. The van der Waals surface area contributed by atoms with Gasteiger partial charge in [-0.1, -0.05) is 19.3 Å². The first-order chi connectivity index (χ1) is 12.1. The third-order valence-corrected chi connectivity index (χ3v) is 5.22. The molecule has 138 valence electrons. The van der Waals surface area contributed by atoms with E-state index < -0.39 is 6.03 Å². The SMILES string of the molecule is O=C(CN1C[C@H](O)C[C@H]1C1CCCCC1)NC(=O)NCc1ccco1. The lowest BCUT2D eigenvalue weighted by molar-refractivity contribution is -0.121. The molecule has 1 aromatic heterocycles. The van der Waals surface area contributed by atoms with Crippen LogP contribution in [0.15, 0.2) is 22.8 Å². The molecular formula is C18H27N3O4. The lowest BCUT2D eigenvalue weighted by Crippen LogP contribution is -2.47. The van der Waals surface area contributed by atoms with Gasteiger partial charge in [0, 0.05) is 12.6 Å². The molecule has 7 nitrogen and oxygen atoms in total. The minimum Gasteiger partial charge on any atom is -0.467 e. The van der Waals surface area contributed by atoms with Gasteiger partial charge >= 0.3 is 6.03 Å². The number of imide groups is 1. The molecule has 2 atom stereocenters.